The van der Waals surface area contributed by atoms with Crippen LogP contribution in [0.4, 0.5) is 11.4 Å². The third-order valence-electron chi connectivity index (χ3n) is 4.82. The lowest BCUT2D eigenvalue weighted by Crippen LogP contribution is -2.33. The number of para-hydroxylation sites is 1. The van der Waals surface area contributed by atoms with Crippen LogP contribution in [0.5, 0.6) is 0 Å². The second-order valence-corrected chi connectivity index (χ2v) is 6.81. The van der Waals surface area contributed by atoms with Crippen molar-refractivity contribution in [1.82, 2.24) is 5.32 Å². The minimum absolute atomic E-state index is 0.0144. The molecule has 3 rings (SSSR count). The van der Waals surface area contributed by atoms with Gasteiger partial charge in [-0.25, -0.2) is 0 Å². The van der Waals surface area contributed by atoms with E-state index < -0.39 is 0 Å². The minimum atomic E-state index is -0.0144. The maximum absolute atomic E-state index is 12.4. The lowest BCUT2D eigenvalue weighted by molar-refractivity contribution is -0.121. The maximum atomic E-state index is 12.4. The fraction of sp³-hybridized carbons (Fsp3) is 0.381. The molecule has 0 saturated carbocycles. The molecule has 4 heteroatoms. The van der Waals surface area contributed by atoms with Gasteiger partial charge in [-0.1, -0.05) is 30.3 Å². The highest BCUT2D eigenvalue weighted by molar-refractivity contribution is 5.79. The van der Waals surface area contributed by atoms with Crippen molar-refractivity contribution in [3.63, 3.8) is 0 Å². The summed E-state index contributed by atoms with van der Waals surface area (Å²) in [4.78, 5) is 14.9. The molecular formula is C21H27N3O. The Bertz CT molecular complexity index is 705. The molecular weight excluding hydrogens is 310 g/mol. The Kier molecular flexibility index (Phi) is 5.59. The van der Waals surface area contributed by atoms with Gasteiger partial charge in [-0.2, -0.15) is 0 Å². The first-order valence-corrected chi connectivity index (χ1v) is 9.11. The summed E-state index contributed by atoms with van der Waals surface area (Å²) in [6.07, 6.45) is 4.17. The van der Waals surface area contributed by atoms with Crippen molar-refractivity contribution in [2.24, 2.45) is 0 Å². The van der Waals surface area contributed by atoms with Crippen LogP contribution in [0, 0.1) is 0 Å². The molecule has 0 spiro atoms. The van der Waals surface area contributed by atoms with Gasteiger partial charge in [-0.05, 0) is 55.5 Å². The number of piperidine rings is 1. The average molecular weight is 337 g/mol. The molecule has 1 amide bonds. The van der Waals surface area contributed by atoms with E-state index in [-0.39, 0.29) is 11.9 Å². The number of amides is 1. The molecule has 0 bridgehead atoms. The topological polar surface area (TPSA) is 58.4 Å². The summed E-state index contributed by atoms with van der Waals surface area (Å²) in [5.41, 5.74) is 9.83. The van der Waals surface area contributed by atoms with Crippen LogP contribution >= 0.6 is 0 Å². The second-order valence-electron chi connectivity index (χ2n) is 6.81. The smallest absolute Gasteiger partial charge is 0.224 e. The highest BCUT2D eigenvalue weighted by Crippen LogP contribution is 2.28. The van der Waals surface area contributed by atoms with Gasteiger partial charge in [0, 0.05) is 24.5 Å². The molecule has 2 aromatic rings. The number of hydrogen-bond donors (Lipinski definition) is 2. The van der Waals surface area contributed by atoms with E-state index in [0.717, 1.165) is 18.7 Å². The number of nitrogens with two attached hydrogens (primary N) is 1. The maximum Gasteiger partial charge on any atom is 0.224 e. The molecule has 1 saturated heterocycles. The van der Waals surface area contributed by atoms with Crippen LogP contribution in [0.2, 0.25) is 0 Å². The fourth-order valence-corrected chi connectivity index (χ4v) is 3.47. The van der Waals surface area contributed by atoms with Gasteiger partial charge in [0.2, 0.25) is 5.91 Å². The molecule has 4 nitrogen and oxygen atoms in total. The Labute approximate surface area is 150 Å². The van der Waals surface area contributed by atoms with Crippen molar-refractivity contribution < 1.29 is 4.79 Å². The monoisotopic (exact) mass is 337 g/mol. The first kappa shape index (κ1) is 17.3. The lowest BCUT2D eigenvalue weighted by atomic mass is 10.0. The van der Waals surface area contributed by atoms with E-state index in [1.54, 1.807) is 0 Å². The van der Waals surface area contributed by atoms with Crippen LogP contribution < -0.4 is 16.0 Å². The van der Waals surface area contributed by atoms with Crippen LogP contribution in [0.25, 0.3) is 0 Å². The van der Waals surface area contributed by atoms with Gasteiger partial charge < -0.3 is 16.0 Å². The van der Waals surface area contributed by atoms with Crippen LogP contribution in [0.3, 0.4) is 0 Å². The van der Waals surface area contributed by atoms with Gasteiger partial charge >= 0.3 is 0 Å². The van der Waals surface area contributed by atoms with Gasteiger partial charge in [0.1, 0.15) is 0 Å². The molecule has 2 aromatic carbocycles. The Morgan fingerprint density at radius 2 is 1.76 bits per heavy atom. The molecule has 0 aromatic heterocycles. The first-order valence-electron chi connectivity index (χ1n) is 9.11. The highest BCUT2D eigenvalue weighted by Gasteiger charge is 2.18. The quantitative estimate of drug-likeness (QED) is 0.818. The van der Waals surface area contributed by atoms with Crippen molar-refractivity contribution in [3.8, 4) is 0 Å². The van der Waals surface area contributed by atoms with E-state index in [9.17, 15) is 4.79 Å². The third kappa shape index (κ3) is 4.53. The highest BCUT2D eigenvalue weighted by atomic mass is 16.1. The number of anilines is 2. The van der Waals surface area contributed by atoms with Crippen LogP contribution in [-0.4, -0.2) is 19.0 Å². The molecule has 1 unspecified atom stereocenters. The number of hydrogen-bond acceptors (Lipinski definition) is 3. The van der Waals surface area contributed by atoms with E-state index >= 15 is 0 Å². The molecule has 1 fully saturated rings. The summed E-state index contributed by atoms with van der Waals surface area (Å²) >= 11 is 0. The number of benzene rings is 2. The lowest BCUT2D eigenvalue weighted by Gasteiger charge is -2.32. The normalized spacial score (nSPS) is 15.6. The zero-order valence-electron chi connectivity index (χ0n) is 14.9. The van der Waals surface area contributed by atoms with E-state index in [2.05, 4.69) is 35.3 Å². The van der Waals surface area contributed by atoms with Gasteiger partial charge in [0.05, 0.1) is 12.5 Å². The van der Waals surface area contributed by atoms with E-state index in [1.165, 1.54) is 30.5 Å². The molecule has 3 N–H and O–H groups in total. The zero-order valence-corrected chi connectivity index (χ0v) is 14.9. The summed E-state index contributed by atoms with van der Waals surface area (Å²) in [5, 5.41) is 3.14. The molecule has 25 heavy (non-hydrogen) atoms. The number of nitrogens with zero attached hydrogens (tertiary/aromatic N) is 1. The Morgan fingerprint density at radius 3 is 2.48 bits per heavy atom. The fourth-order valence-electron chi connectivity index (χ4n) is 3.47. The molecule has 0 radical (unpaired) electrons. The van der Waals surface area contributed by atoms with Crippen molar-refractivity contribution in [2.75, 3.05) is 23.7 Å². The van der Waals surface area contributed by atoms with E-state index in [4.69, 9.17) is 5.73 Å². The predicted octanol–water partition coefficient (Wildman–Crippen LogP) is 3.68. The summed E-state index contributed by atoms with van der Waals surface area (Å²) in [5.74, 6) is 0.0331. The average Bonchev–Trinajstić information content (AvgIpc) is 2.64. The molecule has 1 heterocycles. The summed E-state index contributed by atoms with van der Waals surface area (Å²) < 4.78 is 0. The van der Waals surface area contributed by atoms with E-state index in [0.29, 0.717) is 12.1 Å². The Hall–Kier alpha value is -2.49. The number of carbonyl (C=O) groups excluding carboxylic acids is 1. The Balaban J connectivity index is 1.67. The van der Waals surface area contributed by atoms with Gasteiger partial charge in [-0.15, -0.1) is 0 Å². The van der Waals surface area contributed by atoms with Crippen LogP contribution in [-0.2, 0) is 11.2 Å². The van der Waals surface area contributed by atoms with Crippen LogP contribution in [0.1, 0.15) is 43.4 Å². The predicted molar refractivity (Wildman–Crippen MR) is 104 cm³/mol. The van der Waals surface area contributed by atoms with Crippen molar-refractivity contribution in [3.05, 3.63) is 59.7 Å². The van der Waals surface area contributed by atoms with Gasteiger partial charge in [0.25, 0.3) is 0 Å². The minimum Gasteiger partial charge on any atom is -0.399 e. The SMILES string of the molecule is CC(NC(=O)Cc1ccc(N)cc1)c1ccccc1N1CCCCC1. The molecule has 1 aliphatic rings. The van der Waals surface area contributed by atoms with Crippen molar-refractivity contribution >= 4 is 17.3 Å². The van der Waals surface area contributed by atoms with Crippen molar-refractivity contribution in [2.45, 2.75) is 38.6 Å². The molecule has 132 valence electrons. The zero-order chi connectivity index (χ0) is 17.6. The molecule has 0 aliphatic carbocycles. The van der Waals surface area contributed by atoms with Crippen molar-refractivity contribution in [1.29, 1.82) is 0 Å². The summed E-state index contributed by atoms with van der Waals surface area (Å²) in [6.45, 7) is 4.26. The number of carbonyl (C=O) groups is 1. The molecule has 1 atom stereocenters. The van der Waals surface area contributed by atoms with Gasteiger partial charge in [0.15, 0.2) is 0 Å². The third-order valence-corrected chi connectivity index (χ3v) is 4.82. The van der Waals surface area contributed by atoms with E-state index in [1.807, 2.05) is 30.3 Å². The summed E-state index contributed by atoms with van der Waals surface area (Å²) in [6, 6.07) is 15.9. The number of rotatable bonds is 5. The Morgan fingerprint density at radius 1 is 1.08 bits per heavy atom. The summed E-state index contributed by atoms with van der Waals surface area (Å²) in [7, 11) is 0. The first-order chi connectivity index (χ1) is 12.1. The largest absolute Gasteiger partial charge is 0.399 e. The number of nitrogens with one attached hydrogen (secondary N) is 1. The standard InChI is InChI=1S/C21H27N3O/c1-16(23-21(25)15-17-9-11-18(22)12-10-17)19-7-3-4-8-20(19)24-13-5-2-6-14-24/h3-4,7-12,16H,2,5-6,13-15,22H2,1H3,(H,23,25). The van der Waals surface area contributed by atoms with Gasteiger partial charge in [-0.3, -0.25) is 4.79 Å². The van der Waals surface area contributed by atoms with Crippen LogP contribution in [0.15, 0.2) is 48.5 Å². The number of nitrogen functional groups attached to an aromatic ring is 1. The molecule has 1 aliphatic heterocycles. The second kappa shape index (κ2) is 8.06.